The summed E-state index contributed by atoms with van der Waals surface area (Å²) in [4.78, 5) is 37.5. The van der Waals surface area contributed by atoms with Gasteiger partial charge in [0.05, 0.1) is 0 Å². The summed E-state index contributed by atoms with van der Waals surface area (Å²) in [6.45, 7) is 1.94. The second-order valence-electron chi connectivity index (χ2n) is 9.93. The number of amides is 2. The van der Waals surface area contributed by atoms with Gasteiger partial charge in [-0.2, -0.15) is 0 Å². The van der Waals surface area contributed by atoms with Crippen LogP contribution in [0.3, 0.4) is 0 Å². The lowest BCUT2D eigenvalue weighted by Gasteiger charge is -2.20. The molecule has 2 aromatic carbocycles. The standard InChI is InChI=1S/C27H26FN5O2/c28-22-4-2-1-3-20(22)19-13-30-26(31-14-19)33-16-27(8-9-27)21-6-5-18(12-23(21)33)25(35)32-10-7-17(15-32)11-24(29)34/h1-6,12-14,17H,7-11,15-16H2,(H2,29,34)/t17-/m1/s1. The lowest BCUT2D eigenvalue weighted by molar-refractivity contribution is -0.118. The highest BCUT2D eigenvalue weighted by atomic mass is 19.1. The summed E-state index contributed by atoms with van der Waals surface area (Å²) < 4.78 is 14.2. The number of rotatable bonds is 5. The van der Waals surface area contributed by atoms with E-state index < -0.39 is 0 Å². The number of aromatic nitrogens is 2. The topological polar surface area (TPSA) is 92.4 Å². The van der Waals surface area contributed by atoms with Crippen LogP contribution in [0.25, 0.3) is 11.1 Å². The summed E-state index contributed by atoms with van der Waals surface area (Å²) in [6, 6.07) is 12.5. The van der Waals surface area contributed by atoms with Crippen molar-refractivity contribution in [1.82, 2.24) is 14.9 Å². The largest absolute Gasteiger partial charge is 0.370 e. The number of primary amides is 1. The Kier molecular flexibility index (Phi) is 5.05. The van der Waals surface area contributed by atoms with Crippen LogP contribution in [-0.2, 0) is 10.2 Å². The molecule has 6 rings (SSSR count). The Labute approximate surface area is 202 Å². The molecule has 178 valence electrons. The van der Waals surface area contributed by atoms with Crippen LogP contribution in [0.1, 0.15) is 41.6 Å². The van der Waals surface area contributed by atoms with Crippen LogP contribution in [0.4, 0.5) is 16.0 Å². The van der Waals surface area contributed by atoms with Crippen molar-refractivity contribution in [2.75, 3.05) is 24.5 Å². The van der Waals surface area contributed by atoms with Crippen LogP contribution in [0.15, 0.2) is 54.9 Å². The van der Waals surface area contributed by atoms with Crippen molar-refractivity contribution in [3.05, 3.63) is 71.8 Å². The minimum absolute atomic E-state index is 0.0349. The fourth-order valence-corrected chi connectivity index (χ4v) is 5.51. The Morgan fingerprint density at radius 3 is 2.60 bits per heavy atom. The molecular weight excluding hydrogens is 445 g/mol. The molecule has 1 atom stereocenters. The van der Waals surface area contributed by atoms with Crippen molar-refractivity contribution in [2.45, 2.75) is 31.1 Å². The first-order valence-electron chi connectivity index (χ1n) is 12.0. The van der Waals surface area contributed by atoms with Crippen LogP contribution in [-0.4, -0.2) is 46.3 Å². The van der Waals surface area contributed by atoms with E-state index in [1.807, 2.05) is 12.1 Å². The second kappa shape index (κ2) is 8.15. The molecule has 1 aliphatic carbocycles. The number of anilines is 2. The van der Waals surface area contributed by atoms with Crippen molar-refractivity contribution < 1.29 is 14.0 Å². The highest BCUT2D eigenvalue weighted by molar-refractivity contribution is 5.96. The molecule has 3 aromatic rings. The van der Waals surface area contributed by atoms with E-state index in [1.165, 1.54) is 11.6 Å². The highest BCUT2D eigenvalue weighted by Crippen LogP contribution is 2.57. The number of carbonyl (C=O) groups excluding carboxylic acids is 2. The molecule has 8 heteroatoms. The fourth-order valence-electron chi connectivity index (χ4n) is 5.51. The molecule has 2 amide bonds. The summed E-state index contributed by atoms with van der Waals surface area (Å²) >= 11 is 0. The molecule has 2 aliphatic heterocycles. The Morgan fingerprint density at radius 1 is 1.11 bits per heavy atom. The molecule has 0 bridgehead atoms. The quantitative estimate of drug-likeness (QED) is 0.611. The molecule has 1 saturated carbocycles. The molecule has 3 heterocycles. The minimum atomic E-state index is -0.326. The maximum atomic E-state index is 14.2. The third-order valence-electron chi connectivity index (χ3n) is 7.55. The lowest BCUT2D eigenvalue weighted by atomic mass is 9.97. The van der Waals surface area contributed by atoms with Crippen LogP contribution in [0.5, 0.6) is 0 Å². The third kappa shape index (κ3) is 3.83. The Bertz CT molecular complexity index is 1320. The van der Waals surface area contributed by atoms with Gasteiger partial charge < -0.3 is 15.5 Å². The number of nitrogens with two attached hydrogens (primary N) is 1. The van der Waals surface area contributed by atoms with Crippen molar-refractivity contribution >= 4 is 23.5 Å². The third-order valence-corrected chi connectivity index (χ3v) is 7.55. The number of nitrogens with zero attached hydrogens (tertiary/aromatic N) is 4. The summed E-state index contributed by atoms with van der Waals surface area (Å²) in [5.41, 5.74) is 9.32. The van der Waals surface area contributed by atoms with E-state index in [9.17, 15) is 14.0 Å². The SMILES string of the molecule is NC(=O)C[C@H]1CCN(C(=O)c2ccc3c(c2)N(c2ncc(-c4ccccc4F)cn2)CC32CC2)C1. The number of hydrogen-bond acceptors (Lipinski definition) is 5. The molecule has 3 aliphatic rings. The zero-order valence-electron chi connectivity index (χ0n) is 19.3. The maximum absolute atomic E-state index is 14.2. The predicted octanol–water partition coefficient (Wildman–Crippen LogP) is 3.80. The maximum Gasteiger partial charge on any atom is 0.253 e. The first-order chi connectivity index (χ1) is 16.9. The molecule has 0 radical (unpaired) electrons. The lowest BCUT2D eigenvalue weighted by Crippen LogP contribution is -2.29. The van der Waals surface area contributed by atoms with E-state index >= 15 is 0 Å². The number of benzene rings is 2. The summed E-state index contributed by atoms with van der Waals surface area (Å²) in [7, 11) is 0. The number of likely N-dealkylation sites (tertiary alicyclic amines) is 1. The zero-order chi connectivity index (χ0) is 24.2. The fraction of sp³-hybridized carbons (Fsp3) is 0.333. The number of fused-ring (bicyclic) bond motifs is 2. The first-order valence-corrected chi connectivity index (χ1v) is 12.0. The number of hydrogen-bond donors (Lipinski definition) is 1. The van der Waals surface area contributed by atoms with E-state index in [4.69, 9.17) is 5.73 Å². The summed E-state index contributed by atoms with van der Waals surface area (Å²) in [5.74, 6) is -0.00294. The van der Waals surface area contributed by atoms with E-state index in [-0.39, 0.29) is 29.0 Å². The summed E-state index contributed by atoms with van der Waals surface area (Å²) in [5, 5.41) is 0. The van der Waals surface area contributed by atoms with E-state index in [2.05, 4.69) is 20.9 Å². The van der Waals surface area contributed by atoms with E-state index in [0.29, 0.717) is 42.1 Å². The van der Waals surface area contributed by atoms with Gasteiger partial charge in [-0.3, -0.25) is 9.59 Å². The van der Waals surface area contributed by atoms with Gasteiger partial charge in [0.25, 0.3) is 5.91 Å². The number of halogens is 1. The van der Waals surface area contributed by atoms with Gasteiger partial charge in [-0.05, 0) is 48.9 Å². The molecule has 35 heavy (non-hydrogen) atoms. The van der Waals surface area contributed by atoms with Crippen LogP contribution >= 0.6 is 0 Å². The van der Waals surface area contributed by atoms with Gasteiger partial charge in [-0.25, -0.2) is 14.4 Å². The molecule has 1 aromatic heterocycles. The van der Waals surface area contributed by atoms with Gasteiger partial charge in [0.15, 0.2) is 0 Å². The van der Waals surface area contributed by atoms with Gasteiger partial charge in [0.1, 0.15) is 5.82 Å². The van der Waals surface area contributed by atoms with E-state index in [1.54, 1.807) is 35.5 Å². The van der Waals surface area contributed by atoms with Crippen LogP contribution in [0.2, 0.25) is 0 Å². The molecule has 2 fully saturated rings. The molecule has 1 saturated heterocycles. The van der Waals surface area contributed by atoms with Crippen molar-refractivity contribution in [3.8, 4) is 11.1 Å². The molecule has 1 spiro atoms. The van der Waals surface area contributed by atoms with Gasteiger partial charge in [0.2, 0.25) is 11.9 Å². The average molecular weight is 472 g/mol. The smallest absolute Gasteiger partial charge is 0.253 e. The summed E-state index contributed by atoms with van der Waals surface area (Å²) in [6.07, 6.45) is 6.59. The van der Waals surface area contributed by atoms with Gasteiger partial charge in [-0.1, -0.05) is 24.3 Å². The van der Waals surface area contributed by atoms with Crippen molar-refractivity contribution in [1.29, 1.82) is 0 Å². The first kappa shape index (κ1) is 21.7. The van der Waals surface area contributed by atoms with Crippen LogP contribution in [0, 0.1) is 11.7 Å². The molecule has 7 nitrogen and oxygen atoms in total. The van der Waals surface area contributed by atoms with Gasteiger partial charge in [-0.15, -0.1) is 0 Å². The molecule has 2 N–H and O–H groups in total. The van der Waals surface area contributed by atoms with Crippen LogP contribution < -0.4 is 10.6 Å². The Hall–Kier alpha value is -3.81. The number of carbonyl (C=O) groups is 2. The predicted molar refractivity (Wildman–Crippen MR) is 130 cm³/mol. The normalized spacial score (nSPS) is 19.7. The average Bonchev–Trinajstić information content (AvgIpc) is 3.37. The highest BCUT2D eigenvalue weighted by Gasteiger charge is 2.52. The minimum Gasteiger partial charge on any atom is -0.370 e. The van der Waals surface area contributed by atoms with Gasteiger partial charge >= 0.3 is 0 Å². The second-order valence-corrected chi connectivity index (χ2v) is 9.93. The van der Waals surface area contributed by atoms with Gasteiger partial charge in [0, 0.05) is 66.2 Å². The molecule has 0 unspecified atom stereocenters. The van der Waals surface area contributed by atoms with E-state index in [0.717, 1.165) is 31.5 Å². The van der Waals surface area contributed by atoms with Crippen molar-refractivity contribution in [3.63, 3.8) is 0 Å². The monoisotopic (exact) mass is 471 g/mol. The van der Waals surface area contributed by atoms with Crippen molar-refractivity contribution in [2.24, 2.45) is 11.7 Å². The zero-order valence-corrected chi connectivity index (χ0v) is 19.3. The Morgan fingerprint density at radius 2 is 1.89 bits per heavy atom. The molecular formula is C27H26FN5O2. The Balaban J connectivity index is 1.28.